The smallest absolute Gasteiger partial charge is 0.328 e. The Hall–Kier alpha value is -2.93. The number of carbonyl (C=O) groups excluding carboxylic acids is 2. The third-order valence-corrected chi connectivity index (χ3v) is 5.70. The van der Waals surface area contributed by atoms with Crippen LogP contribution in [0.5, 0.6) is 0 Å². The van der Waals surface area contributed by atoms with Gasteiger partial charge in [-0.2, -0.15) is 0 Å². The van der Waals surface area contributed by atoms with Crippen molar-refractivity contribution in [2.24, 2.45) is 0 Å². The van der Waals surface area contributed by atoms with Crippen LogP contribution in [0.1, 0.15) is 26.5 Å². The summed E-state index contributed by atoms with van der Waals surface area (Å²) >= 11 is 1.40. The van der Waals surface area contributed by atoms with E-state index in [2.05, 4.69) is 4.98 Å². The van der Waals surface area contributed by atoms with Gasteiger partial charge in [-0.3, -0.25) is 4.79 Å². The quantitative estimate of drug-likeness (QED) is 0.649. The molecule has 0 saturated carbocycles. The molecule has 0 bridgehead atoms. The van der Waals surface area contributed by atoms with Gasteiger partial charge in [-0.15, -0.1) is 11.3 Å². The Morgan fingerprint density at radius 1 is 1.22 bits per heavy atom. The second-order valence-corrected chi connectivity index (χ2v) is 7.55. The lowest BCUT2D eigenvalue weighted by molar-refractivity contribution is -0.146. The molecule has 6 nitrogen and oxygen atoms in total. The highest BCUT2D eigenvalue weighted by Crippen LogP contribution is 2.31. The molecule has 1 aromatic carbocycles. The molecule has 0 aliphatic carbocycles. The third-order valence-electron chi connectivity index (χ3n) is 4.71. The molecule has 138 valence electrons. The van der Waals surface area contributed by atoms with Crippen molar-refractivity contribution in [3.8, 4) is 10.8 Å². The number of hydrogen-bond donors (Lipinski definition) is 0. The number of methoxy groups -OCH3 is 1. The minimum atomic E-state index is -0.662. The summed E-state index contributed by atoms with van der Waals surface area (Å²) in [5.41, 5.74) is 2.44. The molecule has 0 saturated heterocycles. The van der Waals surface area contributed by atoms with Gasteiger partial charge in [0.05, 0.1) is 13.4 Å². The van der Waals surface area contributed by atoms with E-state index in [0.717, 1.165) is 16.0 Å². The number of aromatic nitrogens is 1. The van der Waals surface area contributed by atoms with Crippen LogP contribution in [-0.2, 0) is 22.5 Å². The maximum Gasteiger partial charge on any atom is 0.328 e. The monoisotopic (exact) mass is 382 g/mol. The first-order valence-electron chi connectivity index (χ1n) is 8.55. The molecule has 27 heavy (non-hydrogen) atoms. The van der Waals surface area contributed by atoms with E-state index in [4.69, 9.17) is 9.15 Å². The molecule has 0 fully saturated rings. The van der Waals surface area contributed by atoms with Crippen molar-refractivity contribution in [2.45, 2.75) is 25.9 Å². The van der Waals surface area contributed by atoms with Gasteiger partial charge in [0.2, 0.25) is 0 Å². The van der Waals surface area contributed by atoms with E-state index in [1.54, 1.807) is 23.3 Å². The standard InChI is InChI=1S/C20H18N2O4S/c1-12-17(21-18(27-12)16-8-5-9-26-16)19(23)22-11-14-7-4-3-6-13(14)10-15(22)20(24)25-2/h3-9,15H,10-11H2,1-2H3/t15-/m0/s1. The number of thiazole rings is 1. The molecule has 3 heterocycles. The topological polar surface area (TPSA) is 72.6 Å². The van der Waals surface area contributed by atoms with Crippen LogP contribution >= 0.6 is 11.3 Å². The molecule has 0 N–H and O–H groups in total. The number of benzene rings is 1. The molecular weight excluding hydrogens is 364 g/mol. The molecule has 2 aromatic heterocycles. The van der Waals surface area contributed by atoms with Crippen molar-refractivity contribution in [1.29, 1.82) is 0 Å². The molecule has 1 aliphatic rings. The first kappa shape index (κ1) is 17.5. The van der Waals surface area contributed by atoms with E-state index in [1.807, 2.05) is 31.2 Å². The summed E-state index contributed by atoms with van der Waals surface area (Å²) in [5, 5.41) is 0.646. The predicted molar refractivity (Wildman–Crippen MR) is 100 cm³/mol. The first-order valence-corrected chi connectivity index (χ1v) is 9.37. The number of furan rings is 1. The Bertz CT molecular complexity index is 993. The normalized spacial score (nSPS) is 16.1. The van der Waals surface area contributed by atoms with Gasteiger partial charge in [0.15, 0.2) is 10.8 Å². The van der Waals surface area contributed by atoms with Crippen molar-refractivity contribution in [1.82, 2.24) is 9.88 Å². The van der Waals surface area contributed by atoms with Gasteiger partial charge in [-0.05, 0) is 30.2 Å². The van der Waals surface area contributed by atoms with E-state index in [0.29, 0.717) is 29.4 Å². The Kier molecular flexibility index (Phi) is 4.53. The molecule has 0 radical (unpaired) electrons. The van der Waals surface area contributed by atoms with Crippen LogP contribution in [0.3, 0.4) is 0 Å². The fraction of sp³-hybridized carbons (Fsp3) is 0.250. The summed E-state index contributed by atoms with van der Waals surface area (Å²) in [6.07, 6.45) is 2.01. The van der Waals surface area contributed by atoms with Crippen LogP contribution < -0.4 is 0 Å². The maximum atomic E-state index is 13.3. The fourth-order valence-electron chi connectivity index (χ4n) is 3.32. The SMILES string of the molecule is COC(=O)[C@@H]1Cc2ccccc2CN1C(=O)c1nc(-c2ccco2)sc1C. The average Bonchev–Trinajstić information content (AvgIpc) is 3.35. The van der Waals surface area contributed by atoms with Crippen molar-refractivity contribution in [3.63, 3.8) is 0 Å². The summed E-state index contributed by atoms with van der Waals surface area (Å²) in [7, 11) is 1.34. The largest absolute Gasteiger partial charge is 0.467 e. The summed E-state index contributed by atoms with van der Waals surface area (Å²) in [4.78, 5) is 32.5. The lowest BCUT2D eigenvalue weighted by Crippen LogP contribution is -2.49. The van der Waals surface area contributed by atoms with Gasteiger partial charge in [-0.25, -0.2) is 9.78 Å². The highest BCUT2D eigenvalue weighted by molar-refractivity contribution is 7.15. The Balaban J connectivity index is 1.70. The molecule has 1 atom stereocenters. The predicted octanol–water partition coefficient (Wildman–Crippen LogP) is 3.45. The molecule has 0 spiro atoms. The molecule has 7 heteroatoms. The van der Waals surface area contributed by atoms with Gasteiger partial charge in [0.25, 0.3) is 5.91 Å². The van der Waals surface area contributed by atoms with Crippen molar-refractivity contribution >= 4 is 23.2 Å². The Morgan fingerprint density at radius 2 is 2.00 bits per heavy atom. The minimum Gasteiger partial charge on any atom is -0.467 e. The van der Waals surface area contributed by atoms with Crippen LogP contribution in [0.4, 0.5) is 0 Å². The second kappa shape index (κ2) is 7.00. The minimum absolute atomic E-state index is 0.272. The zero-order valence-corrected chi connectivity index (χ0v) is 15.8. The number of carbonyl (C=O) groups is 2. The zero-order chi connectivity index (χ0) is 19.0. The van der Waals surface area contributed by atoms with Crippen molar-refractivity contribution in [3.05, 3.63) is 64.4 Å². The van der Waals surface area contributed by atoms with Crippen molar-refractivity contribution in [2.75, 3.05) is 7.11 Å². The van der Waals surface area contributed by atoms with Crippen LogP contribution in [0.2, 0.25) is 0 Å². The molecular formula is C20H18N2O4S. The maximum absolute atomic E-state index is 13.3. The van der Waals surface area contributed by atoms with Gasteiger partial charge in [0, 0.05) is 17.8 Å². The van der Waals surface area contributed by atoms with Crippen LogP contribution in [0, 0.1) is 6.92 Å². The van der Waals surface area contributed by atoms with Gasteiger partial charge >= 0.3 is 5.97 Å². The third kappa shape index (κ3) is 3.14. The average molecular weight is 382 g/mol. The highest BCUT2D eigenvalue weighted by Gasteiger charge is 2.37. The van der Waals surface area contributed by atoms with Crippen LogP contribution in [0.15, 0.2) is 47.1 Å². The number of fused-ring (bicyclic) bond motifs is 1. The summed E-state index contributed by atoms with van der Waals surface area (Å²) in [6, 6.07) is 10.8. The first-order chi connectivity index (χ1) is 13.1. The molecule has 4 rings (SSSR count). The number of rotatable bonds is 3. The van der Waals surface area contributed by atoms with Gasteiger partial charge in [-0.1, -0.05) is 24.3 Å². The number of aryl methyl sites for hydroxylation is 1. The van der Waals surface area contributed by atoms with E-state index in [1.165, 1.54) is 18.4 Å². The number of ether oxygens (including phenoxy) is 1. The summed E-state index contributed by atoms with van der Waals surface area (Å²) < 4.78 is 10.3. The lowest BCUT2D eigenvalue weighted by atomic mass is 9.93. The molecule has 1 amide bonds. The van der Waals surface area contributed by atoms with Crippen LogP contribution in [-0.4, -0.2) is 34.9 Å². The van der Waals surface area contributed by atoms with Crippen LogP contribution in [0.25, 0.3) is 10.8 Å². The van der Waals surface area contributed by atoms with Gasteiger partial charge in [0.1, 0.15) is 11.7 Å². The Labute approximate surface area is 160 Å². The van der Waals surface area contributed by atoms with E-state index >= 15 is 0 Å². The summed E-state index contributed by atoms with van der Waals surface area (Å²) in [6.45, 7) is 2.20. The highest BCUT2D eigenvalue weighted by atomic mass is 32.1. The molecule has 3 aromatic rings. The van der Waals surface area contributed by atoms with Crippen molar-refractivity contribution < 1.29 is 18.7 Å². The molecule has 0 unspecified atom stereocenters. The Morgan fingerprint density at radius 3 is 2.70 bits per heavy atom. The summed E-state index contributed by atoms with van der Waals surface area (Å²) in [5.74, 6) is -0.0703. The molecule has 1 aliphatic heterocycles. The van der Waals surface area contributed by atoms with E-state index in [9.17, 15) is 9.59 Å². The number of nitrogens with zero attached hydrogens (tertiary/aromatic N) is 2. The number of amides is 1. The number of hydrogen-bond acceptors (Lipinski definition) is 6. The van der Waals surface area contributed by atoms with E-state index in [-0.39, 0.29) is 5.91 Å². The fourth-order valence-corrected chi connectivity index (χ4v) is 4.19. The van der Waals surface area contributed by atoms with Gasteiger partial charge < -0.3 is 14.1 Å². The number of esters is 1. The van der Waals surface area contributed by atoms with E-state index < -0.39 is 12.0 Å². The second-order valence-electron chi connectivity index (χ2n) is 6.35. The zero-order valence-electron chi connectivity index (χ0n) is 15.0. The lowest BCUT2D eigenvalue weighted by Gasteiger charge is -2.34.